The summed E-state index contributed by atoms with van der Waals surface area (Å²) in [7, 11) is 0. The Morgan fingerprint density at radius 2 is 2.06 bits per heavy atom. The first-order valence-electron chi connectivity index (χ1n) is 16.1. The molecule has 0 aliphatic carbocycles. The third kappa shape index (κ3) is 4.74. The van der Waals surface area contributed by atoms with Crippen molar-refractivity contribution in [3.8, 4) is 35.0 Å². The van der Waals surface area contributed by atoms with Crippen molar-refractivity contribution in [3.63, 3.8) is 0 Å². The predicted octanol–water partition coefficient (Wildman–Crippen LogP) is 6.42. The highest BCUT2D eigenvalue weighted by molar-refractivity contribution is 7.23. The molecule has 3 saturated heterocycles. The topological polar surface area (TPSA) is 134 Å². The average molecular weight is 692 g/mol. The number of rotatable bonds is 5. The highest BCUT2D eigenvalue weighted by Gasteiger charge is 2.48. The normalized spacial score (nSPS) is 25.2. The number of halogens is 3. The summed E-state index contributed by atoms with van der Waals surface area (Å²) in [6.45, 7) is 5.58. The van der Waals surface area contributed by atoms with Crippen LogP contribution in [0.2, 0.25) is 5.02 Å². The molecule has 3 fully saturated rings. The van der Waals surface area contributed by atoms with Gasteiger partial charge in [-0.3, -0.25) is 4.90 Å². The Morgan fingerprint density at radius 1 is 1.21 bits per heavy atom. The van der Waals surface area contributed by atoms with Crippen LogP contribution in [0.3, 0.4) is 0 Å². The number of ether oxygens (including phenoxy) is 3. The maximum absolute atomic E-state index is 17.3. The molecule has 4 aliphatic rings. The largest absolute Gasteiger partial charge is 0.491 e. The van der Waals surface area contributed by atoms with Crippen molar-refractivity contribution in [2.24, 2.45) is 5.92 Å². The molecule has 6 heterocycles. The van der Waals surface area contributed by atoms with Crippen LogP contribution in [0.1, 0.15) is 44.6 Å². The van der Waals surface area contributed by atoms with Crippen LogP contribution < -0.4 is 20.1 Å². The maximum Gasteiger partial charge on any atom is 0.319 e. The van der Waals surface area contributed by atoms with Gasteiger partial charge in [-0.2, -0.15) is 20.5 Å². The number of thiophene rings is 1. The van der Waals surface area contributed by atoms with E-state index in [1.165, 1.54) is 12.1 Å². The zero-order chi connectivity index (χ0) is 33.3. The molecule has 8 rings (SSSR count). The summed E-state index contributed by atoms with van der Waals surface area (Å²) in [5, 5.41) is 20.0. The molecule has 0 saturated carbocycles. The van der Waals surface area contributed by atoms with Crippen LogP contribution in [-0.2, 0) is 4.74 Å². The van der Waals surface area contributed by atoms with Crippen LogP contribution in [0.5, 0.6) is 11.8 Å². The van der Waals surface area contributed by atoms with Crippen molar-refractivity contribution in [3.05, 3.63) is 34.4 Å². The number of fused-ring (bicyclic) bond motifs is 4. The molecule has 4 aliphatic heterocycles. The molecule has 2 aromatic heterocycles. The molecular formula is C34H32ClF2N7O3S. The predicted molar refractivity (Wildman–Crippen MR) is 178 cm³/mol. The fourth-order valence-corrected chi connectivity index (χ4v) is 9.64. The number of nitriles is 2. The Bertz CT molecular complexity index is 2070. The van der Waals surface area contributed by atoms with Gasteiger partial charge < -0.3 is 24.8 Å². The third-order valence-corrected chi connectivity index (χ3v) is 11.7. The number of hydrogen-bond acceptors (Lipinski definition) is 11. The van der Waals surface area contributed by atoms with E-state index in [1.807, 2.05) is 11.0 Å². The van der Waals surface area contributed by atoms with E-state index in [4.69, 9.17) is 36.5 Å². The molecule has 10 nitrogen and oxygen atoms in total. The quantitative estimate of drug-likeness (QED) is 0.250. The highest BCUT2D eigenvalue weighted by Crippen LogP contribution is 2.51. The number of nitrogens with zero attached hydrogens (tertiary/aromatic N) is 6. The summed E-state index contributed by atoms with van der Waals surface area (Å²) < 4.78 is 51.1. The van der Waals surface area contributed by atoms with Crippen molar-refractivity contribution in [2.75, 3.05) is 50.1 Å². The number of benzene rings is 2. The molecule has 0 spiro atoms. The van der Waals surface area contributed by atoms with Crippen LogP contribution in [0.25, 0.3) is 32.1 Å². The van der Waals surface area contributed by atoms with Gasteiger partial charge in [-0.05, 0) is 43.4 Å². The molecule has 2 N–H and O–H groups in total. The van der Waals surface area contributed by atoms with E-state index in [0.29, 0.717) is 37.9 Å². The third-order valence-electron chi connectivity index (χ3n) is 10.3. The Hall–Kier alpha value is -4.01. The van der Waals surface area contributed by atoms with E-state index in [1.54, 1.807) is 0 Å². The van der Waals surface area contributed by atoms with Crippen molar-refractivity contribution >= 4 is 54.7 Å². The fraction of sp³-hybridized carbons (Fsp3) is 0.471. The second-order valence-corrected chi connectivity index (χ2v) is 14.6. The molecule has 0 bridgehead atoms. The minimum Gasteiger partial charge on any atom is -0.491 e. The molecule has 48 heavy (non-hydrogen) atoms. The van der Waals surface area contributed by atoms with E-state index in [-0.39, 0.29) is 84.1 Å². The minimum atomic E-state index is -0.786. The monoisotopic (exact) mass is 691 g/mol. The number of nitrogen functional groups attached to an aromatic ring is 1. The molecular weight excluding hydrogens is 660 g/mol. The smallest absolute Gasteiger partial charge is 0.319 e. The van der Waals surface area contributed by atoms with Crippen molar-refractivity contribution in [1.29, 1.82) is 10.5 Å². The van der Waals surface area contributed by atoms with E-state index < -0.39 is 17.7 Å². The summed E-state index contributed by atoms with van der Waals surface area (Å²) >= 11 is 7.99. The van der Waals surface area contributed by atoms with Crippen LogP contribution in [0.15, 0.2) is 12.1 Å². The first-order valence-corrected chi connectivity index (χ1v) is 17.3. The molecule has 14 heteroatoms. The Morgan fingerprint density at radius 3 is 2.88 bits per heavy atom. The van der Waals surface area contributed by atoms with Gasteiger partial charge >= 0.3 is 6.01 Å². The second kappa shape index (κ2) is 11.8. The molecule has 4 aromatic rings. The van der Waals surface area contributed by atoms with Crippen molar-refractivity contribution in [1.82, 2.24) is 14.9 Å². The van der Waals surface area contributed by atoms with E-state index in [9.17, 15) is 10.5 Å². The SMILES string of the molecule is C[C@H]1CN2CCC[C@@]2(COc2nc3c4c(c(Cl)c(-c5ccc(F)c6sc(N)c(C#N)c56)c(F)c4n2)OCCC2C(CC#N)OCCN32)C1. The van der Waals surface area contributed by atoms with E-state index >= 15 is 8.78 Å². The Balaban J connectivity index is 1.35. The molecule has 2 aromatic carbocycles. The molecule has 4 atom stereocenters. The van der Waals surface area contributed by atoms with E-state index in [2.05, 4.69) is 22.9 Å². The van der Waals surface area contributed by atoms with Gasteiger partial charge in [0.1, 0.15) is 34.8 Å². The van der Waals surface area contributed by atoms with Gasteiger partial charge in [0.05, 0.1) is 64.1 Å². The van der Waals surface area contributed by atoms with Crippen molar-refractivity contribution in [2.45, 2.75) is 56.7 Å². The first-order chi connectivity index (χ1) is 23.2. The van der Waals surface area contributed by atoms with Crippen molar-refractivity contribution < 1.29 is 23.0 Å². The Labute approximate surface area is 284 Å². The first kappa shape index (κ1) is 31.3. The minimum absolute atomic E-state index is 0.0146. The number of nitrogens with two attached hydrogens (primary N) is 1. The van der Waals surface area contributed by atoms with Crippen LogP contribution in [0.4, 0.5) is 19.6 Å². The van der Waals surface area contributed by atoms with E-state index in [0.717, 1.165) is 43.7 Å². The summed E-state index contributed by atoms with van der Waals surface area (Å²) in [6, 6.07) is 6.61. The highest BCUT2D eigenvalue weighted by atomic mass is 35.5. The molecule has 248 valence electrons. The summed E-state index contributed by atoms with van der Waals surface area (Å²) in [6.07, 6.45) is 3.31. The zero-order valence-electron chi connectivity index (χ0n) is 26.2. The summed E-state index contributed by atoms with van der Waals surface area (Å²) in [5.74, 6) is -0.273. The lowest BCUT2D eigenvalue weighted by Gasteiger charge is -2.42. The van der Waals surface area contributed by atoms with Gasteiger partial charge in [0.25, 0.3) is 0 Å². The number of anilines is 2. The van der Waals surface area contributed by atoms with Crippen LogP contribution in [-0.4, -0.2) is 72.0 Å². The number of morpholine rings is 1. The average Bonchev–Trinajstić information content (AvgIpc) is 3.71. The lowest BCUT2D eigenvalue weighted by molar-refractivity contribution is 0.00847. The van der Waals surface area contributed by atoms with Gasteiger partial charge in [-0.1, -0.05) is 24.6 Å². The van der Waals surface area contributed by atoms with Gasteiger partial charge in [-0.25, -0.2) is 8.78 Å². The van der Waals surface area contributed by atoms with Gasteiger partial charge in [0.15, 0.2) is 11.6 Å². The standard InChI is InChI=1S/C34H32ClF2N7O3S/c1-17-13-34(7-2-9-43(34)15-17)16-47-33-41-28-25-29(46-11-6-21-22(5-8-38)45-12-10-44(21)32(25)42-33)26(35)24(27(28)37)18-3-4-20(36)30-23(18)19(14-39)31(40)48-30/h3-4,17,21-22H,2,5-7,9-13,15-16,40H2,1H3/t17-,21?,22?,34+/m1/s1. The fourth-order valence-electron chi connectivity index (χ4n) is 8.36. The lowest BCUT2D eigenvalue weighted by atomic mass is 9.92. The second-order valence-electron chi connectivity index (χ2n) is 13.2. The summed E-state index contributed by atoms with van der Waals surface area (Å²) in [5.41, 5.74) is 6.07. The summed E-state index contributed by atoms with van der Waals surface area (Å²) in [4.78, 5) is 14.1. The van der Waals surface area contributed by atoms with Crippen LogP contribution >= 0.6 is 22.9 Å². The molecule has 2 unspecified atom stereocenters. The van der Waals surface area contributed by atoms with Gasteiger partial charge in [0.2, 0.25) is 0 Å². The van der Waals surface area contributed by atoms with Gasteiger partial charge in [-0.15, -0.1) is 11.3 Å². The molecule has 0 amide bonds. The number of hydrogen-bond donors (Lipinski definition) is 1. The molecule has 0 radical (unpaired) electrons. The lowest BCUT2D eigenvalue weighted by Crippen LogP contribution is -2.53. The van der Waals surface area contributed by atoms with Gasteiger partial charge in [0, 0.05) is 30.5 Å². The number of aromatic nitrogens is 2. The maximum atomic E-state index is 17.3. The zero-order valence-corrected chi connectivity index (χ0v) is 27.8. The van der Waals surface area contributed by atoms with Crippen LogP contribution in [0, 0.1) is 40.2 Å². The Kier molecular flexibility index (Phi) is 7.72.